The van der Waals surface area contributed by atoms with Gasteiger partial charge in [-0.1, -0.05) is 22.4 Å². The quantitative estimate of drug-likeness (QED) is 0.859. The van der Waals surface area contributed by atoms with E-state index in [-0.39, 0.29) is 5.56 Å². The van der Waals surface area contributed by atoms with Crippen LogP contribution in [-0.2, 0) is 0 Å². The van der Waals surface area contributed by atoms with E-state index in [0.29, 0.717) is 22.7 Å². The van der Waals surface area contributed by atoms with Gasteiger partial charge in [0.05, 0.1) is 11.7 Å². The molecule has 1 nitrogen and oxygen atoms in total. The number of aliphatic hydroxyl groups is 1. The van der Waals surface area contributed by atoms with E-state index in [2.05, 4.69) is 15.9 Å². The molecule has 4 atom stereocenters. The van der Waals surface area contributed by atoms with Crippen molar-refractivity contribution >= 4 is 15.9 Å². The largest absolute Gasteiger partial charge is 0.388 e. The van der Waals surface area contributed by atoms with Gasteiger partial charge in [-0.05, 0) is 55.6 Å². The molecule has 2 saturated carbocycles. The van der Waals surface area contributed by atoms with Crippen LogP contribution in [0.25, 0.3) is 0 Å². The third-order valence-electron chi connectivity index (χ3n) is 4.79. The first-order chi connectivity index (χ1) is 9.04. The summed E-state index contributed by atoms with van der Waals surface area (Å²) < 4.78 is 27.9. The molecule has 1 aromatic rings. The number of fused-ring (bicyclic) bond motifs is 2. The molecule has 0 aliphatic heterocycles. The van der Waals surface area contributed by atoms with E-state index in [0.717, 1.165) is 12.3 Å². The molecule has 3 rings (SSSR count). The molecular formula is C15H17BrF2O. The van der Waals surface area contributed by atoms with Crippen LogP contribution >= 0.6 is 15.9 Å². The van der Waals surface area contributed by atoms with Crippen molar-refractivity contribution in [3.8, 4) is 0 Å². The molecule has 2 bridgehead atoms. The maximum Gasteiger partial charge on any atom is 0.133 e. The van der Waals surface area contributed by atoms with E-state index in [1.54, 1.807) is 0 Å². The molecule has 0 amide bonds. The zero-order valence-corrected chi connectivity index (χ0v) is 12.2. The minimum absolute atomic E-state index is 0.175. The molecule has 0 radical (unpaired) electrons. The fourth-order valence-electron chi connectivity index (χ4n) is 3.94. The Labute approximate surface area is 120 Å². The van der Waals surface area contributed by atoms with Crippen LogP contribution in [0.2, 0.25) is 0 Å². The maximum atomic E-state index is 13.8. The lowest BCUT2D eigenvalue weighted by molar-refractivity contribution is 0.118. The fraction of sp³-hybridized carbons (Fsp3) is 0.600. The van der Waals surface area contributed by atoms with E-state index in [9.17, 15) is 13.9 Å². The molecule has 4 heteroatoms. The van der Waals surface area contributed by atoms with Gasteiger partial charge in [-0.15, -0.1) is 0 Å². The highest BCUT2D eigenvalue weighted by atomic mass is 79.9. The smallest absolute Gasteiger partial charge is 0.133 e. The van der Waals surface area contributed by atoms with Crippen molar-refractivity contribution in [2.24, 2.45) is 17.8 Å². The van der Waals surface area contributed by atoms with E-state index in [1.807, 2.05) is 0 Å². The summed E-state index contributed by atoms with van der Waals surface area (Å²) in [5, 5.41) is 10.2. The molecule has 104 valence electrons. The van der Waals surface area contributed by atoms with Crippen LogP contribution in [0, 0.1) is 29.4 Å². The Morgan fingerprint density at radius 3 is 2.42 bits per heavy atom. The van der Waals surface area contributed by atoms with E-state index in [1.165, 1.54) is 31.4 Å². The molecule has 0 saturated heterocycles. The highest BCUT2D eigenvalue weighted by Gasteiger charge is 2.40. The molecule has 1 aromatic carbocycles. The summed E-state index contributed by atoms with van der Waals surface area (Å²) in [5.74, 6) is 0.532. The first-order valence-corrected chi connectivity index (χ1v) is 7.66. The average Bonchev–Trinajstić information content (AvgIpc) is 2.89. The minimum atomic E-state index is -1.03. The number of benzene rings is 1. The SMILES string of the molecule is OC(CC1CC2CCC1C2)c1c(F)cc(Br)cc1F. The van der Waals surface area contributed by atoms with Gasteiger partial charge >= 0.3 is 0 Å². The Hall–Kier alpha value is -0.480. The summed E-state index contributed by atoms with van der Waals surface area (Å²) >= 11 is 3.05. The molecule has 19 heavy (non-hydrogen) atoms. The first-order valence-electron chi connectivity index (χ1n) is 6.87. The summed E-state index contributed by atoms with van der Waals surface area (Å²) in [6, 6.07) is 2.42. The maximum absolute atomic E-state index is 13.8. The van der Waals surface area contributed by atoms with Crippen molar-refractivity contribution in [3.05, 3.63) is 33.8 Å². The van der Waals surface area contributed by atoms with Gasteiger partial charge in [0.2, 0.25) is 0 Å². The topological polar surface area (TPSA) is 20.2 Å². The van der Waals surface area contributed by atoms with Crippen molar-refractivity contribution in [2.75, 3.05) is 0 Å². The Bertz CT molecular complexity index is 468. The molecule has 0 heterocycles. The molecule has 0 spiro atoms. The van der Waals surface area contributed by atoms with Crippen molar-refractivity contribution in [1.82, 2.24) is 0 Å². The molecule has 2 aliphatic carbocycles. The lowest BCUT2D eigenvalue weighted by atomic mass is 9.83. The van der Waals surface area contributed by atoms with Crippen LogP contribution in [0.1, 0.15) is 43.8 Å². The highest BCUT2D eigenvalue weighted by molar-refractivity contribution is 9.10. The summed E-state index contributed by atoms with van der Waals surface area (Å²) in [5.41, 5.74) is -0.175. The van der Waals surface area contributed by atoms with Gasteiger partial charge in [-0.25, -0.2) is 8.78 Å². The third-order valence-corrected chi connectivity index (χ3v) is 5.25. The van der Waals surface area contributed by atoms with Gasteiger partial charge in [0.25, 0.3) is 0 Å². The first kappa shape index (κ1) is 13.5. The Balaban J connectivity index is 1.75. The summed E-state index contributed by atoms with van der Waals surface area (Å²) in [6.07, 6.45) is 4.31. The minimum Gasteiger partial charge on any atom is -0.388 e. The van der Waals surface area contributed by atoms with E-state index in [4.69, 9.17) is 0 Å². The second kappa shape index (κ2) is 5.13. The van der Waals surface area contributed by atoms with Crippen LogP contribution in [0.15, 0.2) is 16.6 Å². The molecule has 0 aromatic heterocycles. The molecule has 2 fully saturated rings. The normalized spacial score (nSPS) is 30.8. The van der Waals surface area contributed by atoms with Gasteiger partial charge in [0, 0.05) is 4.47 Å². The third kappa shape index (κ3) is 2.57. The second-order valence-electron chi connectivity index (χ2n) is 5.97. The van der Waals surface area contributed by atoms with Crippen molar-refractivity contribution in [1.29, 1.82) is 0 Å². The van der Waals surface area contributed by atoms with Gasteiger partial charge in [-0.2, -0.15) is 0 Å². The van der Waals surface area contributed by atoms with Crippen molar-refractivity contribution in [2.45, 2.75) is 38.2 Å². The van der Waals surface area contributed by atoms with Crippen LogP contribution in [0.3, 0.4) is 0 Å². The Kier molecular flexibility index (Phi) is 3.65. The van der Waals surface area contributed by atoms with E-state index < -0.39 is 17.7 Å². The standard InChI is InChI=1S/C15H17BrF2O/c16-11-6-12(17)15(13(18)7-11)14(19)5-10-4-8-1-2-9(10)3-8/h6-10,14,19H,1-5H2. The predicted molar refractivity (Wildman–Crippen MR) is 72.6 cm³/mol. The van der Waals surface area contributed by atoms with E-state index >= 15 is 0 Å². The Morgan fingerprint density at radius 2 is 1.89 bits per heavy atom. The number of hydrogen-bond donors (Lipinski definition) is 1. The second-order valence-corrected chi connectivity index (χ2v) is 6.89. The number of halogens is 3. The molecule has 2 aliphatic rings. The zero-order chi connectivity index (χ0) is 13.6. The molecule has 1 N–H and O–H groups in total. The number of hydrogen-bond acceptors (Lipinski definition) is 1. The van der Waals surface area contributed by atoms with Crippen LogP contribution in [0.4, 0.5) is 8.78 Å². The fourth-order valence-corrected chi connectivity index (χ4v) is 4.34. The van der Waals surface area contributed by atoms with Gasteiger partial charge in [0.15, 0.2) is 0 Å². The van der Waals surface area contributed by atoms with Crippen molar-refractivity contribution in [3.63, 3.8) is 0 Å². The highest BCUT2D eigenvalue weighted by Crippen LogP contribution is 2.51. The van der Waals surface area contributed by atoms with Gasteiger partial charge in [0.1, 0.15) is 11.6 Å². The lowest BCUT2D eigenvalue weighted by Crippen LogP contribution is -2.16. The summed E-state index contributed by atoms with van der Waals surface area (Å²) in [4.78, 5) is 0. The van der Waals surface area contributed by atoms with Crippen LogP contribution in [0.5, 0.6) is 0 Å². The van der Waals surface area contributed by atoms with Gasteiger partial charge < -0.3 is 5.11 Å². The van der Waals surface area contributed by atoms with Crippen LogP contribution < -0.4 is 0 Å². The van der Waals surface area contributed by atoms with Crippen molar-refractivity contribution < 1.29 is 13.9 Å². The summed E-state index contributed by atoms with van der Waals surface area (Å²) in [6.45, 7) is 0. The lowest BCUT2D eigenvalue weighted by Gasteiger charge is -2.24. The monoisotopic (exact) mass is 330 g/mol. The van der Waals surface area contributed by atoms with Crippen LogP contribution in [-0.4, -0.2) is 5.11 Å². The summed E-state index contributed by atoms with van der Waals surface area (Å²) in [7, 11) is 0. The predicted octanol–water partition coefficient (Wildman–Crippen LogP) is 4.59. The average molecular weight is 331 g/mol. The Morgan fingerprint density at radius 1 is 1.21 bits per heavy atom. The zero-order valence-electron chi connectivity index (χ0n) is 10.6. The number of rotatable bonds is 3. The van der Waals surface area contributed by atoms with Gasteiger partial charge in [-0.3, -0.25) is 0 Å². The number of aliphatic hydroxyl groups excluding tert-OH is 1. The molecule has 4 unspecified atom stereocenters. The molecular weight excluding hydrogens is 314 g/mol.